The molecule has 0 aliphatic rings. The fraction of sp³-hybridized carbons (Fsp3) is 0.500. The summed E-state index contributed by atoms with van der Waals surface area (Å²) in [6.45, 7) is 5.30. The van der Waals surface area contributed by atoms with E-state index in [4.69, 9.17) is 5.11 Å². The van der Waals surface area contributed by atoms with Gasteiger partial charge in [0.25, 0.3) is 0 Å². The van der Waals surface area contributed by atoms with Gasteiger partial charge < -0.3 is 15.4 Å². The molecule has 2 rings (SSSR count). The highest BCUT2D eigenvalue weighted by Gasteiger charge is 2.09. The zero-order valence-electron chi connectivity index (χ0n) is 11.4. The Morgan fingerprint density at radius 2 is 2.32 bits per heavy atom. The molecule has 3 N–H and O–H groups in total. The van der Waals surface area contributed by atoms with Crippen molar-refractivity contribution in [3.05, 3.63) is 23.8 Å². The van der Waals surface area contributed by atoms with Crippen LogP contribution < -0.4 is 5.32 Å². The van der Waals surface area contributed by atoms with Gasteiger partial charge in [-0.2, -0.15) is 0 Å². The van der Waals surface area contributed by atoms with Crippen LogP contribution >= 0.6 is 11.8 Å². The number of benzene rings is 1. The van der Waals surface area contributed by atoms with Crippen LogP contribution in [0.1, 0.15) is 18.9 Å². The predicted octanol–water partition coefficient (Wildman–Crippen LogP) is 2.32. The SMILES string of the molecule is CCNC(CCO)CSc1nc2ccc(C)cc2[nH]1. The molecule has 0 saturated carbocycles. The third-order valence-corrected chi connectivity index (χ3v) is 4.04. The van der Waals surface area contributed by atoms with E-state index in [9.17, 15) is 0 Å². The van der Waals surface area contributed by atoms with Crippen LogP contribution in [0.15, 0.2) is 23.4 Å². The topological polar surface area (TPSA) is 60.9 Å². The summed E-state index contributed by atoms with van der Waals surface area (Å²) in [7, 11) is 0. The number of hydrogen-bond acceptors (Lipinski definition) is 4. The fourth-order valence-electron chi connectivity index (χ4n) is 2.04. The van der Waals surface area contributed by atoms with E-state index < -0.39 is 0 Å². The normalized spacial score (nSPS) is 13.0. The fourth-order valence-corrected chi connectivity index (χ4v) is 3.03. The lowest BCUT2D eigenvalue weighted by atomic mass is 10.2. The molecule has 5 heteroatoms. The highest BCUT2D eigenvalue weighted by Crippen LogP contribution is 2.21. The van der Waals surface area contributed by atoms with Gasteiger partial charge in [-0.05, 0) is 37.6 Å². The molecule has 4 nitrogen and oxygen atoms in total. The summed E-state index contributed by atoms with van der Waals surface area (Å²) < 4.78 is 0. The zero-order chi connectivity index (χ0) is 13.7. The van der Waals surface area contributed by atoms with Crippen LogP contribution in [0.5, 0.6) is 0 Å². The van der Waals surface area contributed by atoms with Crippen LogP contribution in [0.25, 0.3) is 11.0 Å². The molecule has 2 aromatic rings. The summed E-state index contributed by atoms with van der Waals surface area (Å²) in [5.41, 5.74) is 3.33. The van der Waals surface area contributed by atoms with Gasteiger partial charge in [-0.25, -0.2) is 4.98 Å². The number of aryl methyl sites for hydroxylation is 1. The summed E-state index contributed by atoms with van der Waals surface area (Å²) in [4.78, 5) is 7.90. The summed E-state index contributed by atoms with van der Waals surface area (Å²) in [5, 5.41) is 13.4. The summed E-state index contributed by atoms with van der Waals surface area (Å²) in [6.07, 6.45) is 0.778. The number of nitrogens with one attached hydrogen (secondary N) is 2. The lowest BCUT2D eigenvalue weighted by Gasteiger charge is -2.15. The number of rotatable bonds is 7. The predicted molar refractivity (Wildman–Crippen MR) is 80.7 cm³/mol. The lowest BCUT2D eigenvalue weighted by Crippen LogP contribution is -2.32. The van der Waals surface area contributed by atoms with Crippen LogP contribution in [0.4, 0.5) is 0 Å². The van der Waals surface area contributed by atoms with E-state index >= 15 is 0 Å². The van der Waals surface area contributed by atoms with Crippen molar-refractivity contribution in [2.45, 2.75) is 31.5 Å². The first-order valence-corrected chi connectivity index (χ1v) is 7.65. The lowest BCUT2D eigenvalue weighted by molar-refractivity contribution is 0.271. The average molecular weight is 279 g/mol. The maximum atomic E-state index is 9.03. The van der Waals surface area contributed by atoms with E-state index in [1.165, 1.54) is 5.56 Å². The van der Waals surface area contributed by atoms with Crippen LogP contribution in [0.3, 0.4) is 0 Å². The first-order chi connectivity index (χ1) is 9.22. The average Bonchev–Trinajstić information content (AvgIpc) is 2.78. The third-order valence-electron chi connectivity index (χ3n) is 3.01. The van der Waals surface area contributed by atoms with Crippen molar-refractivity contribution >= 4 is 22.8 Å². The molecule has 1 aromatic carbocycles. The minimum atomic E-state index is 0.220. The van der Waals surface area contributed by atoms with Crippen molar-refractivity contribution in [2.24, 2.45) is 0 Å². The van der Waals surface area contributed by atoms with Crippen LogP contribution in [-0.4, -0.2) is 40.0 Å². The number of aromatic nitrogens is 2. The van der Waals surface area contributed by atoms with Gasteiger partial charge in [0.15, 0.2) is 5.16 Å². The second kappa shape index (κ2) is 6.93. The maximum Gasteiger partial charge on any atom is 0.166 e. The van der Waals surface area contributed by atoms with Crippen molar-refractivity contribution < 1.29 is 5.11 Å². The van der Waals surface area contributed by atoms with Crippen LogP contribution in [0, 0.1) is 6.92 Å². The summed E-state index contributed by atoms with van der Waals surface area (Å²) in [5.74, 6) is 0.910. The number of aromatic amines is 1. The Morgan fingerprint density at radius 1 is 1.47 bits per heavy atom. The van der Waals surface area contributed by atoms with Gasteiger partial charge in [-0.1, -0.05) is 24.8 Å². The summed E-state index contributed by atoms with van der Waals surface area (Å²) in [6, 6.07) is 6.56. The van der Waals surface area contributed by atoms with Crippen LogP contribution in [-0.2, 0) is 0 Å². The Bertz CT molecular complexity index is 520. The van der Waals surface area contributed by atoms with Crippen LogP contribution in [0.2, 0.25) is 0 Å². The Morgan fingerprint density at radius 3 is 3.05 bits per heavy atom. The van der Waals surface area contributed by atoms with Crippen molar-refractivity contribution in [3.8, 4) is 0 Å². The van der Waals surface area contributed by atoms with E-state index in [1.54, 1.807) is 11.8 Å². The zero-order valence-corrected chi connectivity index (χ0v) is 12.3. The van der Waals surface area contributed by atoms with E-state index in [1.807, 2.05) is 6.07 Å². The minimum absolute atomic E-state index is 0.220. The molecule has 0 bridgehead atoms. The molecule has 1 atom stereocenters. The molecule has 1 aromatic heterocycles. The Balaban J connectivity index is 2.00. The minimum Gasteiger partial charge on any atom is -0.396 e. The van der Waals surface area contributed by atoms with Crippen molar-refractivity contribution in [2.75, 3.05) is 18.9 Å². The second-order valence-electron chi connectivity index (χ2n) is 4.64. The van der Waals surface area contributed by atoms with E-state index in [0.717, 1.165) is 34.9 Å². The number of thioether (sulfide) groups is 1. The van der Waals surface area contributed by atoms with Gasteiger partial charge >= 0.3 is 0 Å². The number of aliphatic hydroxyl groups excluding tert-OH is 1. The maximum absolute atomic E-state index is 9.03. The third kappa shape index (κ3) is 3.96. The Labute approximate surface area is 118 Å². The second-order valence-corrected chi connectivity index (χ2v) is 5.65. The number of imidazole rings is 1. The first-order valence-electron chi connectivity index (χ1n) is 6.66. The molecule has 0 amide bonds. The van der Waals surface area contributed by atoms with E-state index in [2.05, 4.69) is 41.3 Å². The molecule has 1 heterocycles. The van der Waals surface area contributed by atoms with E-state index in [-0.39, 0.29) is 6.61 Å². The molecular weight excluding hydrogens is 258 g/mol. The van der Waals surface area contributed by atoms with Gasteiger partial charge in [0.05, 0.1) is 11.0 Å². The Kier molecular flexibility index (Phi) is 5.24. The van der Waals surface area contributed by atoms with Gasteiger partial charge in [-0.3, -0.25) is 0 Å². The quantitative estimate of drug-likeness (QED) is 0.681. The van der Waals surface area contributed by atoms with Crippen molar-refractivity contribution in [1.82, 2.24) is 15.3 Å². The first kappa shape index (κ1) is 14.4. The van der Waals surface area contributed by atoms with E-state index in [0.29, 0.717) is 6.04 Å². The molecule has 0 radical (unpaired) electrons. The monoisotopic (exact) mass is 279 g/mol. The van der Waals surface area contributed by atoms with Gasteiger partial charge in [0.1, 0.15) is 0 Å². The number of fused-ring (bicyclic) bond motifs is 1. The largest absolute Gasteiger partial charge is 0.396 e. The molecule has 0 fully saturated rings. The highest BCUT2D eigenvalue weighted by molar-refractivity contribution is 7.99. The molecule has 104 valence electrons. The van der Waals surface area contributed by atoms with Crippen molar-refractivity contribution in [1.29, 1.82) is 0 Å². The molecule has 1 unspecified atom stereocenters. The summed E-state index contributed by atoms with van der Waals surface area (Å²) >= 11 is 1.70. The standard InChI is InChI=1S/C14H21N3OS/c1-3-15-11(6-7-18)9-19-14-16-12-5-4-10(2)8-13(12)17-14/h4-5,8,11,15,18H,3,6-7,9H2,1-2H3,(H,16,17). The number of nitrogens with zero attached hydrogens (tertiary/aromatic N) is 1. The number of aliphatic hydroxyl groups is 1. The number of H-pyrrole nitrogens is 1. The molecule has 0 aliphatic carbocycles. The molecule has 0 aliphatic heterocycles. The van der Waals surface area contributed by atoms with Gasteiger partial charge in [0, 0.05) is 18.4 Å². The number of hydrogen-bond donors (Lipinski definition) is 3. The van der Waals surface area contributed by atoms with Crippen molar-refractivity contribution in [3.63, 3.8) is 0 Å². The molecule has 19 heavy (non-hydrogen) atoms. The Hall–Kier alpha value is -1.04. The molecular formula is C14H21N3OS. The molecule has 0 saturated heterocycles. The smallest absolute Gasteiger partial charge is 0.166 e. The van der Waals surface area contributed by atoms with Gasteiger partial charge in [-0.15, -0.1) is 0 Å². The highest BCUT2D eigenvalue weighted by atomic mass is 32.2. The molecule has 0 spiro atoms. The van der Waals surface area contributed by atoms with Gasteiger partial charge in [0.2, 0.25) is 0 Å².